The molecule has 3 atom stereocenters. The number of rotatable bonds is 4. The van der Waals surface area contributed by atoms with Gasteiger partial charge in [-0.3, -0.25) is 14.5 Å². The van der Waals surface area contributed by atoms with Gasteiger partial charge in [0.2, 0.25) is 11.8 Å². The fourth-order valence-electron chi connectivity index (χ4n) is 4.61. The maximum atomic E-state index is 13.0. The van der Waals surface area contributed by atoms with E-state index in [-0.39, 0.29) is 35.9 Å². The molecule has 27 heavy (non-hydrogen) atoms. The summed E-state index contributed by atoms with van der Waals surface area (Å²) in [7, 11) is 0. The second-order valence-corrected chi connectivity index (χ2v) is 8.22. The van der Waals surface area contributed by atoms with Crippen molar-refractivity contribution in [3.05, 3.63) is 35.9 Å². The highest BCUT2D eigenvalue weighted by molar-refractivity contribution is 5.89. The molecular weight excluding hydrogens is 342 g/mol. The third-order valence-corrected chi connectivity index (χ3v) is 6.09. The Labute approximate surface area is 161 Å². The molecule has 0 bridgehead atoms. The number of hydrogen-bond donors (Lipinski definition) is 0. The van der Waals surface area contributed by atoms with E-state index in [1.807, 2.05) is 29.7 Å². The highest BCUT2D eigenvalue weighted by atomic mass is 16.5. The molecule has 6 nitrogen and oxygen atoms in total. The van der Waals surface area contributed by atoms with Crippen molar-refractivity contribution < 1.29 is 14.3 Å². The van der Waals surface area contributed by atoms with Gasteiger partial charge < -0.3 is 14.5 Å². The van der Waals surface area contributed by atoms with Crippen molar-refractivity contribution in [3.8, 4) is 0 Å². The summed E-state index contributed by atoms with van der Waals surface area (Å²) in [6.07, 6.45) is 0.418. The minimum absolute atomic E-state index is 0.0738. The Balaban J connectivity index is 1.41. The van der Waals surface area contributed by atoms with Crippen LogP contribution in [0, 0.1) is 5.92 Å². The number of amides is 2. The number of morpholine rings is 1. The van der Waals surface area contributed by atoms with Crippen LogP contribution in [0.15, 0.2) is 30.3 Å². The zero-order valence-corrected chi connectivity index (χ0v) is 16.2. The third-order valence-electron chi connectivity index (χ3n) is 6.09. The lowest BCUT2D eigenvalue weighted by Gasteiger charge is -2.36. The molecule has 1 aromatic rings. The molecule has 3 aliphatic rings. The molecule has 0 unspecified atom stereocenters. The summed E-state index contributed by atoms with van der Waals surface area (Å²) < 4.78 is 5.98. The molecule has 6 heteroatoms. The van der Waals surface area contributed by atoms with E-state index in [9.17, 15) is 9.59 Å². The van der Waals surface area contributed by atoms with E-state index in [4.69, 9.17) is 4.74 Å². The summed E-state index contributed by atoms with van der Waals surface area (Å²) >= 11 is 0. The number of likely N-dealkylation sites (tertiary alicyclic amines) is 2. The zero-order chi connectivity index (χ0) is 19.0. The van der Waals surface area contributed by atoms with Gasteiger partial charge in [0, 0.05) is 45.2 Å². The number of ether oxygens (including phenoxy) is 1. The van der Waals surface area contributed by atoms with Crippen LogP contribution in [0.4, 0.5) is 0 Å². The van der Waals surface area contributed by atoms with E-state index in [2.05, 4.69) is 29.2 Å². The highest BCUT2D eigenvalue weighted by Gasteiger charge is 2.45. The first-order chi connectivity index (χ1) is 13.0. The van der Waals surface area contributed by atoms with Gasteiger partial charge in [-0.05, 0) is 19.4 Å². The Morgan fingerprint density at radius 3 is 2.67 bits per heavy atom. The van der Waals surface area contributed by atoms with Gasteiger partial charge in [0.25, 0.3) is 0 Å². The first-order valence-corrected chi connectivity index (χ1v) is 10.0. The normalized spacial score (nSPS) is 28.9. The van der Waals surface area contributed by atoms with Crippen LogP contribution in [0.3, 0.4) is 0 Å². The fourth-order valence-corrected chi connectivity index (χ4v) is 4.61. The predicted molar refractivity (Wildman–Crippen MR) is 102 cm³/mol. The van der Waals surface area contributed by atoms with Crippen LogP contribution >= 0.6 is 0 Å². The molecule has 1 aromatic carbocycles. The molecular formula is C21H29N3O3. The topological polar surface area (TPSA) is 53.1 Å². The van der Waals surface area contributed by atoms with Crippen molar-refractivity contribution >= 4 is 11.8 Å². The van der Waals surface area contributed by atoms with Crippen LogP contribution < -0.4 is 0 Å². The summed E-state index contributed by atoms with van der Waals surface area (Å²) in [5.41, 5.74) is 1.29. The maximum Gasteiger partial charge on any atom is 0.228 e. The van der Waals surface area contributed by atoms with E-state index >= 15 is 0 Å². The second-order valence-electron chi connectivity index (χ2n) is 8.22. The van der Waals surface area contributed by atoms with E-state index < -0.39 is 0 Å². The van der Waals surface area contributed by atoms with Gasteiger partial charge in [-0.25, -0.2) is 0 Å². The first kappa shape index (κ1) is 18.4. The van der Waals surface area contributed by atoms with Gasteiger partial charge >= 0.3 is 0 Å². The Kier molecular flexibility index (Phi) is 5.19. The number of benzene rings is 1. The summed E-state index contributed by atoms with van der Waals surface area (Å²) in [4.78, 5) is 31.4. The zero-order valence-electron chi connectivity index (χ0n) is 16.2. The van der Waals surface area contributed by atoms with Crippen molar-refractivity contribution in [3.63, 3.8) is 0 Å². The number of hydrogen-bond acceptors (Lipinski definition) is 4. The number of fused-ring (bicyclic) bond motifs is 1. The fraction of sp³-hybridized carbons (Fsp3) is 0.619. The smallest absolute Gasteiger partial charge is 0.228 e. The SMILES string of the molecule is CC(C)N1C[C@H](C(=O)N2C[C@@H]3[C@@H](C2)OCCN3Cc2ccccc2)CC1=O. The first-order valence-electron chi connectivity index (χ1n) is 10.0. The molecule has 2 amide bonds. The standard InChI is InChI=1S/C21H29N3O3/c1-15(2)24-12-17(10-20(24)25)21(26)23-13-18-19(14-23)27-9-8-22(18)11-16-6-4-3-5-7-16/h3-7,15,17-19H,8-14H2,1-2H3/t17-,18-,19-/m1/s1. The lowest BCUT2D eigenvalue weighted by molar-refractivity contribution is -0.135. The average Bonchev–Trinajstić information content (AvgIpc) is 3.26. The summed E-state index contributed by atoms with van der Waals surface area (Å²) in [6.45, 7) is 8.38. The molecule has 0 aromatic heterocycles. The van der Waals surface area contributed by atoms with Crippen LogP contribution in [0.2, 0.25) is 0 Å². The van der Waals surface area contributed by atoms with Crippen molar-refractivity contribution in [2.75, 3.05) is 32.8 Å². The van der Waals surface area contributed by atoms with E-state index in [1.165, 1.54) is 5.56 Å². The molecule has 3 fully saturated rings. The van der Waals surface area contributed by atoms with Crippen molar-refractivity contribution in [1.29, 1.82) is 0 Å². The lowest BCUT2D eigenvalue weighted by atomic mass is 10.1. The molecule has 3 heterocycles. The maximum absolute atomic E-state index is 13.0. The van der Waals surface area contributed by atoms with Crippen LogP contribution in [-0.2, 0) is 20.9 Å². The number of nitrogens with zero attached hydrogens (tertiary/aromatic N) is 3. The average molecular weight is 371 g/mol. The van der Waals surface area contributed by atoms with Crippen molar-refractivity contribution in [1.82, 2.24) is 14.7 Å². The summed E-state index contributed by atoms with van der Waals surface area (Å²) in [6, 6.07) is 10.8. The Hall–Kier alpha value is -1.92. The Morgan fingerprint density at radius 2 is 1.96 bits per heavy atom. The largest absolute Gasteiger partial charge is 0.373 e. The summed E-state index contributed by atoms with van der Waals surface area (Å²) in [5.74, 6) is 0.00806. The molecule has 0 aliphatic carbocycles. The van der Waals surface area contributed by atoms with Crippen LogP contribution in [0.1, 0.15) is 25.8 Å². The van der Waals surface area contributed by atoms with E-state index in [0.29, 0.717) is 32.7 Å². The highest BCUT2D eigenvalue weighted by Crippen LogP contribution is 2.28. The van der Waals surface area contributed by atoms with E-state index in [1.54, 1.807) is 0 Å². The molecule has 0 saturated carbocycles. The predicted octanol–water partition coefficient (Wildman–Crippen LogP) is 1.36. The third kappa shape index (κ3) is 3.73. The van der Waals surface area contributed by atoms with Crippen molar-refractivity contribution in [2.45, 2.75) is 45.0 Å². The van der Waals surface area contributed by atoms with Gasteiger partial charge in [-0.15, -0.1) is 0 Å². The second kappa shape index (κ2) is 7.60. The van der Waals surface area contributed by atoms with Gasteiger partial charge in [-0.1, -0.05) is 30.3 Å². The lowest BCUT2D eigenvalue weighted by Crippen LogP contribution is -2.50. The molecule has 146 valence electrons. The van der Waals surface area contributed by atoms with E-state index in [0.717, 1.165) is 13.1 Å². The van der Waals surface area contributed by atoms with Gasteiger partial charge in [0.05, 0.1) is 24.7 Å². The molecule has 4 rings (SSSR count). The number of carbonyl (C=O) groups is 2. The van der Waals surface area contributed by atoms with Gasteiger partial charge in [0.15, 0.2) is 0 Å². The van der Waals surface area contributed by atoms with Crippen molar-refractivity contribution in [2.24, 2.45) is 5.92 Å². The molecule has 0 radical (unpaired) electrons. The molecule has 0 N–H and O–H groups in total. The van der Waals surface area contributed by atoms with Gasteiger partial charge in [0.1, 0.15) is 0 Å². The Morgan fingerprint density at radius 1 is 1.19 bits per heavy atom. The minimum atomic E-state index is -0.206. The quantitative estimate of drug-likeness (QED) is 0.802. The molecule has 0 spiro atoms. The summed E-state index contributed by atoms with van der Waals surface area (Å²) in [5, 5.41) is 0. The van der Waals surface area contributed by atoms with Crippen LogP contribution in [0.5, 0.6) is 0 Å². The molecule has 3 aliphatic heterocycles. The molecule has 3 saturated heterocycles. The minimum Gasteiger partial charge on any atom is -0.373 e. The van der Waals surface area contributed by atoms with Crippen LogP contribution in [0.25, 0.3) is 0 Å². The number of carbonyl (C=O) groups excluding carboxylic acids is 2. The monoisotopic (exact) mass is 371 g/mol. The Bertz CT molecular complexity index is 693. The van der Waals surface area contributed by atoms with Gasteiger partial charge in [-0.2, -0.15) is 0 Å². The van der Waals surface area contributed by atoms with Crippen LogP contribution in [-0.4, -0.2) is 77.5 Å².